The summed E-state index contributed by atoms with van der Waals surface area (Å²) in [6.07, 6.45) is 3.62. The molecule has 0 bridgehead atoms. The van der Waals surface area contributed by atoms with Gasteiger partial charge < -0.3 is 15.3 Å². The minimum absolute atomic E-state index is 0.0180. The van der Waals surface area contributed by atoms with Crippen LogP contribution in [-0.4, -0.2) is 35.2 Å². The van der Waals surface area contributed by atoms with Crippen molar-refractivity contribution in [3.8, 4) is 0 Å². The number of aliphatic hydroxyl groups excluding tert-OH is 1. The number of benzene rings is 1. The number of carbonyl (C=O) groups excluding carboxylic acids is 1. The Labute approximate surface area is 127 Å². The summed E-state index contributed by atoms with van der Waals surface area (Å²) in [6, 6.07) is 8.73. The van der Waals surface area contributed by atoms with Gasteiger partial charge in [-0.2, -0.15) is 0 Å². The van der Waals surface area contributed by atoms with Gasteiger partial charge in [0.15, 0.2) is 0 Å². The van der Waals surface area contributed by atoms with E-state index in [1.807, 2.05) is 11.8 Å². The molecule has 0 spiro atoms. The van der Waals surface area contributed by atoms with Crippen molar-refractivity contribution in [1.82, 2.24) is 10.2 Å². The first-order valence-corrected chi connectivity index (χ1v) is 7.86. The molecular formula is C17H26N2O2. The molecule has 2 amide bonds. The Morgan fingerprint density at radius 1 is 1.52 bits per heavy atom. The number of amides is 2. The summed E-state index contributed by atoms with van der Waals surface area (Å²) in [5.41, 5.74) is 2.46. The largest absolute Gasteiger partial charge is 0.396 e. The molecule has 2 N–H and O–H groups in total. The van der Waals surface area contributed by atoms with Crippen molar-refractivity contribution in [2.24, 2.45) is 0 Å². The second kappa shape index (κ2) is 7.46. The molecule has 4 heteroatoms. The van der Waals surface area contributed by atoms with Gasteiger partial charge in [0.05, 0.1) is 6.04 Å². The second-order valence-corrected chi connectivity index (χ2v) is 5.98. The highest BCUT2D eigenvalue weighted by Gasteiger charge is 2.30. The van der Waals surface area contributed by atoms with Crippen molar-refractivity contribution in [2.75, 3.05) is 13.2 Å². The predicted molar refractivity (Wildman–Crippen MR) is 84.2 cm³/mol. The van der Waals surface area contributed by atoms with E-state index in [4.69, 9.17) is 5.11 Å². The van der Waals surface area contributed by atoms with Gasteiger partial charge in [-0.15, -0.1) is 0 Å². The zero-order valence-electron chi connectivity index (χ0n) is 13.0. The highest BCUT2D eigenvalue weighted by atomic mass is 16.3. The van der Waals surface area contributed by atoms with E-state index >= 15 is 0 Å². The molecule has 1 heterocycles. The van der Waals surface area contributed by atoms with Crippen molar-refractivity contribution >= 4 is 6.03 Å². The topological polar surface area (TPSA) is 52.6 Å². The van der Waals surface area contributed by atoms with Crippen LogP contribution in [0.2, 0.25) is 0 Å². The Kier molecular flexibility index (Phi) is 5.62. The Morgan fingerprint density at radius 2 is 2.33 bits per heavy atom. The molecule has 0 aromatic heterocycles. The van der Waals surface area contributed by atoms with Crippen LogP contribution in [-0.2, 0) is 0 Å². The van der Waals surface area contributed by atoms with Gasteiger partial charge in [-0.25, -0.2) is 4.79 Å². The molecule has 1 fully saturated rings. The fourth-order valence-electron chi connectivity index (χ4n) is 3.00. The molecule has 0 radical (unpaired) electrons. The van der Waals surface area contributed by atoms with Crippen molar-refractivity contribution < 1.29 is 9.90 Å². The molecule has 1 aromatic rings. The standard InChI is InChI=1S/C17H26N2O2/c1-13-6-3-8-15(12-13)16-9-4-10-19(16)17(21)18-14(2)7-5-11-20/h3,6,8,12,14,16,20H,4-5,7,9-11H2,1-2H3,(H,18,21). The van der Waals surface area contributed by atoms with Gasteiger partial charge in [0.2, 0.25) is 0 Å². The monoisotopic (exact) mass is 290 g/mol. The van der Waals surface area contributed by atoms with Crippen molar-refractivity contribution in [3.63, 3.8) is 0 Å². The van der Waals surface area contributed by atoms with Gasteiger partial charge >= 0.3 is 6.03 Å². The number of nitrogens with zero attached hydrogens (tertiary/aromatic N) is 1. The van der Waals surface area contributed by atoms with E-state index in [1.165, 1.54) is 11.1 Å². The van der Waals surface area contributed by atoms with Gasteiger partial charge in [0.25, 0.3) is 0 Å². The summed E-state index contributed by atoms with van der Waals surface area (Å²) in [6.45, 7) is 5.07. The molecule has 1 aliphatic rings. The van der Waals surface area contributed by atoms with Crippen LogP contribution in [0.3, 0.4) is 0 Å². The lowest BCUT2D eigenvalue weighted by atomic mass is 10.0. The van der Waals surface area contributed by atoms with Gasteiger partial charge in [-0.1, -0.05) is 29.8 Å². The molecule has 0 saturated carbocycles. The predicted octanol–water partition coefficient (Wildman–Crippen LogP) is 3.00. The number of hydrogen-bond acceptors (Lipinski definition) is 2. The molecule has 2 rings (SSSR count). The molecule has 116 valence electrons. The van der Waals surface area contributed by atoms with Gasteiger partial charge in [-0.3, -0.25) is 0 Å². The minimum Gasteiger partial charge on any atom is -0.396 e. The number of hydrogen-bond donors (Lipinski definition) is 2. The van der Waals surface area contributed by atoms with E-state index in [0.717, 1.165) is 32.2 Å². The zero-order valence-corrected chi connectivity index (χ0v) is 13.0. The number of aryl methyl sites for hydroxylation is 1. The molecule has 21 heavy (non-hydrogen) atoms. The summed E-state index contributed by atoms with van der Waals surface area (Å²) in [7, 11) is 0. The van der Waals surface area contributed by atoms with Crippen LogP contribution in [0, 0.1) is 6.92 Å². The number of rotatable bonds is 5. The fourth-order valence-corrected chi connectivity index (χ4v) is 3.00. The molecule has 1 aliphatic heterocycles. The molecule has 0 aliphatic carbocycles. The SMILES string of the molecule is Cc1cccc(C2CCCN2C(=O)NC(C)CCCO)c1. The summed E-state index contributed by atoms with van der Waals surface area (Å²) < 4.78 is 0. The lowest BCUT2D eigenvalue weighted by molar-refractivity contribution is 0.188. The van der Waals surface area contributed by atoms with E-state index in [1.54, 1.807) is 0 Å². The van der Waals surface area contributed by atoms with Gasteiger partial charge in [0.1, 0.15) is 0 Å². The van der Waals surface area contributed by atoms with E-state index in [9.17, 15) is 4.79 Å². The van der Waals surface area contributed by atoms with Crippen LogP contribution < -0.4 is 5.32 Å². The number of likely N-dealkylation sites (tertiary alicyclic amines) is 1. The Balaban J connectivity index is 1.99. The number of nitrogens with one attached hydrogen (secondary N) is 1. The summed E-state index contributed by atoms with van der Waals surface area (Å²) in [5.74, 6) is 0. The lowest BCUT2D eigenvalue weighted by Gasteiger charge is -2.27. The molecule has 2 unspecified atom stereocenters. The summed E-state index contributed by atoms with van der Waals surface area (Å²) in [5, 5.41) is 11.9. The van der Waals surface area contributed by atoms with Crippen molar-refractivity contribution in [1.29, 1.82) is 0 Å². The van der Waals surface area contributed by atoms with Crippen molar-refractivity contribution in [2.45, 2.75) is 51.6 Å². The maximum absolute atomic E-state index is 12.4. The minimum atomic E-state index is 0.0180. The lowest BCUT2D eigenvalue weighted by Crippen LogP contribution is -2.43. The molecule has 2 atom stereocenters. The quantitative estimate of drug-likeness (QED) is 0.876. The highest BCUT2D eigenvalue weighted by molar-refractivity contribution is 5.75. The molecule has 1 aromatic carbocycles. The average molecular weight is 290 g/mol. The maximum Gasteiger partial charge on any atom is 0.318 e. The van der Waals surface area contributed by atoms with E-state index in [2.05, 4.69) is 36.5 Å². The Hall–Kier alpha value is -1.55. The third-order valence-corrected chi connectivity index (χ3v) is 4.11. The average Bonchev–Trinajstić information content (AvgIpc) is 2.94. The summed E-state index contributed by atoms with van der Waals surface area (Å²) in [4.78, 5) is 14.4. The van der Waals surface area contributed by atoms with E-state index in [-0.39, 0.29) is 24.7 Å². The molecule has 4 nitrogen and oxygen atoms in total. The van der Waals surface area contributed by atoms with Crippen LogP contribution in [0.25, 0.3) is 0 Å². The molecule has 1 saturated heterocycles. The number of aliphatic hydroxyl groups is 1. The zero-order chi connectivity index (χ0) is 15.2. The third-order valence-electron chi connectivity index (χ3n) is 4.11. The van der Waals surface area contributed by atoms with Crippen molar-refractivity contribution in [3.05, 3.63) is 35.4 Å². The number of carbonyl (C=O) groups is 1. The van der Waals surface area contributed by atoms with Crippen LogP contribution >= 0.6 is 0 Å². The second-order valence-electron chi connectivity index (χ2n) is 5.98. The van der Waals surface area contributed by atoms with Gasteiger partial charge in [0, 0.05) is 19.2 Å². The Morgan fingerprint density at radius 3 is 3.05 bits per heavy atom. The molecular weight excluding hydrogens is 264 g/mol. The maximum atomic E-state index is 12.4. The van der Waals surface area contributed by atoms with Gasteiger partial charge in [-0.05, 0) is 45.1 Å². The number of urea groups is 1. The fraction of sp³-hybridized carbons (Fsp3) is 0.588. The van der Waals surface area contributed by atoms with E-state index < -0.39 is 0 Å². The smallest absolute Gasteiger partial charge is 0.318 e. The first-order valence-electron chi connectivity index (χ1n) is 7.86. The Bertz CT molecular complexity index is 476. The van der Waals surface area contributed by atoms with Crippen LogP contribution in [0.4, 0.5) is 4.79 Å². The normalized spacial score (nSPS) is 19.6. The summed E-state index contributed by atoms with van der Waals surface area (Å²) >= 11 is 0. The van der Waals surface area contributed by atoms with Crippen LogP contribution in [0.5, 0.6) is 0 Å². The van der Waals surface area contributed by atoms with E-state index in [0.29, 0.717) is 0 Å². The highest BCUT2D eigenvalue weighted by Crippen LogP contribution is 2.32. The first-order chi connectivity index (χ1) is 10.1. The first kappa shape index (κ1) is 15.8. The van der Waals surface area contributed by atoms with Crippen LogP contribution in [0.15, 0.2) is 24.3 Å². The third kappa shape index (κ3) is 4.21. The van der Waals surface area contributed by atoms with Crippen LogP contribution in [0.1, 0.15) is 49.8 Å².